The van der Waals surface area contributed by atoms with Gasteiger partial charge in [-0.1, -0.05) is 0 Å². The summed E-state index contributed by atoms with van der Waals surface area (Å²) >= 11 is 0. The van der Waals surface area contributed by atoms with Gasteiger partial charge in [-0.05, 0) is 13.0 Å². The molecule has 0 unspecified atom stereocenters. The Morgan fingerprint density at radius 1 is 1.64 bits per heavy atom. The minimum absolute atomic E-state index is 0.0597. The van der Waals surface area contributed by atoms with Gasteiger partial charge in [0.25, 0.3) is 0 Å². The molecule has 1 aromatic heterocycles. The van der Waals surface area contributed by atoms with Gasteiger partial charge in [-0.2, -0.15) is 4.39 Å². The number of esters is 1. The highest BCUT2D eigenvalue weighted by Gasteiger charge is 2.07. The Morgan fingerprint density at radius 2 is 2.36 bits per heavy atom. The van der Waals surface area contributed by atoms with Gasteiger partial charge in [0.2, 0.25) is 5.95 Å². The maximum absolute atomic E-state index is 12.7. The zero-order valence-corrected chi connectivity index (χ0v) is 7.79. The molecule has 0 saturated carbocycles. The summed E-state index contributed by atoms with van der Waals surface area (Å²) in [4.78, 5) is 14.5. The summed E-state index contributed by atoms with van der Waals surface area (Å²) in [5.74, 6) is -1.13. The van der Waals surface area contributed by atoms with E-state index in [4.69, 9.17) is 5.73 Å². The first-order valence-corrected chi connectivity index (χ1v) is 4.19. The average Bonchev–Trinajstić information content (AvgIpc) is 2.01. The summed E-state index contributed by atoms with van der Waals surface area (Å²) in [6.45, 7) is 1.99. The summed E-state index contributed by atoms with van der Waals surface area (Å²) in [7, 11) is 0. The Bertz CT molecular complexity index is 321. The number of nitrogen functional groups attached to an aromatic ring is 1. The number of ether oxygens (including phenoxy) is 1. The van der Waals surface area contributed by atoms with Crippen molar-refractivity contribution in [3.05, 3.63) is 23.8 Å². The minimum atomic E-state index is -0.690. The van der Waals surface area contributed by atoms with E-state index in [0.29, 0.717) is 6.61 Å². The molecular formula is C9H11FN2O2. The standard InChI is InChI=1S/C9H11FN2O2/c1-2-14-9(13)5-7-3-6(11)4-8(10)12-7/h3-4H,2,5H2,1H3,(H2,11,12). The molecule has 14 heavy (non-hydrogen) atoms. The number of carbonyl (C=O) groups excluding carboxylic acids is 1. The largest absolute Gasteiger partial charge is 0.466 e. The van der Waals surface area contributed by atoms with E-state index in [1.807, 2.05) is 0 Å². The number of pyridine rings is 1. The Balaban J connectivity index is 2.71. The molecule has 1 rings (SSSR count). The van der Waals surface area contributed by atoms with E-state index in [-0.39, 0.29) is 17.8 Å². The summed E-state index contributed by atoms with van der Waals surface area (Å²) in [6.07, 6.45) is -0.0597. The van der Waals surface area contributed by atoms with Crippen molar-refractivity contribution in [3.63, 3.8) is 0 Å². The molecule has 1 aromatic rings. The third kappa shape index (κ3) is 3.01. The van der Waals surface area contributed by atoms with Gasteiger partial charge in [-0.25, -0.2) is 4.98 Å². The van der Waals surface area contributed by atoms with E-state index in [9.17, 15) is 9.18 Å². The van der Waals surface area contributed by atoms with Crippen LogP contribution in [0.1, 0.15) is 12.6 Å². The van der Waals surface area contributed by atoms with Crippen molar-refractivity contribution in [1.29, 1.82) is 0 Å². The fourth-order valence-electron chi connectivity index (χ4n) is 1.02. The molecule has 0 fully saturated rings. The van der Waals surface area contributed by atoms with Gasteiger partial charge in [0, 0.05) is 11.8 Å². The van der Waals surface area contributed by atoms with Crippen LogP contribution in [0.4, 0.5) is 10.1 Å². The fourth-order valence-corrected chi connectivity index (χ4v) is 1.02. The molecule has 0 aliphatic rings. The van der Waals surface area contributed by atoms with Crippen LogP contribution in [0.2, 0.25) is 0 Å². The maximum atomic E-state index is 12.7. The monoisotopic (exact) mass is 198 g/mol. The molecule has 0 bridgehead atoms. The van der Waals surface area contributed by atoms with E-state index in [0.717, 1.165) is 6.07 Å². The van der Waals surface area contributed by atoms with Crippen LogP contribution in [0.5, 0.6) is 0 Å². The highest BCUT2D eigenvalue weighted by Crippen LogP contribution is 2.07. The van der Waals surface area contributed by atoms with Gasteiger partial charge in [-0.15, -0.1) is 0 Å². The topological polar surface area (TPSA) is 65.2 Å². The van der Waals surface area contributed by atoms with Crippen molar-refractivity contribution >= 4 is 11.7 Å². The molecule has 0 aliphatic carbocycles. The number of nitrogens with two attached hydrogens (primary N) is 1. The van der Waals surface area contributed by atoms with Crippen LogP contribution < -0.4 is 5.73 Å². The molecule has 2 N–H and O–H groups in total. The van der Waals surface area contributed by atoms with Gasteiger partial charge in [0.05, 0.1) is 18.7 Å². The van der Waals surface area contributed by atoms with E-state index in [1.54, 1.807) is 6.92 Å². The van der Waals surface area contributed by atoms with Gasteiger partial charge < -0.3 is 10.5 Å². The lowest BCUT2D eigenvalue weighted by atomic mass is 10.2. The van der Waals surface area contributed by atoms with Crippen LogP contribution in [0, 0.1) is 5.95 Å². The first-order valence-electron chi connectivity index (χ1n) is 4.19. The lowest BCUT2D eigenvalue weighted by Gasteiger charge is -2.02. The zero-order chi connectivity index (χ0) is 10.6. The highest BCUT2D eigenvalue weighted by molar-refractivity contribution is 5.72. The second kappa shape index (κ2) is 4.55. The van der Waals surface area contributed by atoms with Crippen molar-refractivity contribution in [3.8, 4) is 0 Å². The predicted molar refractivity (Wildman–Crippen MR) is 48.9 cm³/mol. The Morgan fingerprint density at radius 3 is 2.93 bits per heavy atom. The quantitative estimate of drug-likeness (QED) is 0.579. The molecule has 76 valence electrons. The Labute approximate surface area is 80.9 Å². The number of rotatable bonds is 3. The van der Waals surface area contributed by atoms with Gasteiger partial charge >= 0.3 is 5.97 Å². The predicted octanol–water partition coefficient (Wildman–Crippen LogP) is 0.909. The van der Waals surface area contributed by atoms with Crippen molar-refractivity contribution in [2.75, 3.05) is 12.3 Å². The minimum Gasteiger partial charge on any atom is -0.466 e. The van der Waals surface area contributed by atoms with Crippen LogP contribution in [0.3, 0.4) is 0 Å². The van der Waals surface area contributed by atoms with E-state index in [1.165, 1.54) is 6.07 Å². The lowest BCUT2D eigenvalue weighted by molar-refractivity contribution is -0.142. The highest BCUT2D eigenvalue weighted by atomic mass is 19.1. The molecule has 0 saturated heterocycles. The number of halogens is 1. The molecule has 0 radical (unpaired) electrons. The SMILES string of the molecule is CCOC(=O)Cc1cc(N)cc(F)n1. The average molecular weight is 198 g/mol. The van der Waals surface area contributed by atoms with Crippen molar-refractivity contribution in [1.82, 2.24) is 4.98 Å². The summed E-state index contributed by atoms with van der Waals surface area (Å²) in [5, 5.41) is 0. The second-order valence-electron chi connectivity index (χ2n) is 2.70. The first kappa shape index (κ1) is 10.4. The van der Waals surface area contributed by atoms with Crippen LogP contribution in [0.15, 0.2) is 12.1 Å². The van der Waals surface area contributed by atoms with Crippen molar-refractivity contribution in [2.24, 2.45) is 0 Å². The molecule has 5 heteroatoms. The zero-order valence-electron chi connectivity index (χ0n) is 7.79. The van der Waals surface area contributed by atoms with Crippen LogP contribution >= 0.6 is 0 Å². The smallest absolute Gasteiger partial charge is 0.311 e. The number of hydrogen-bond acceptors (Lipinski definition) is 4. The molecule has 0 aliphatic heterocycles. The molecule has 0 atom stereocenters. The van der Waals surface area contributed by atoms with Crippen molar-refractivity contribution in [2.45, 2.75) is 13.3 Å². The Hall–Kier alpha value is -1.65. The number of hydrogen-bond donors (Lipinski definition) is 1. The Kier molecular flexibility index (Phi) is 3.39. The normalized spacial score (nSPS) is 9.86. The van der Waals surface area contributed by atoms with E-state index >= 15 is 0 Å². The van der Waals surface area contributed by atoms with Crippen LogP contribution in [0.25, 0.3) is 0 Å². The van der Waals surface area contributed by atoms with Gasteiger partial charge in [0.15, 0.2) is 0 Å². The third-order valence-corrected chi connectivity index (χ3v) is 1.50. The molecular weight excluding hydrogens is 187 g/mol. The second-order valence-corrected chi connectivity index (χ2v) is 2.70. The molecule has 1 heterocycles. The van der Waals surface area contributed by atoms with Crippen LogP contribution in [-0.4, -0.2) is 17.6 Å². The molecule has 4 nitrogen and oxygen atoms in total. The van der Waals surface area contributed by atoms with Gasteiger partial charge in [-0.3, -0.25) is 4.79 Å². The molecule has 0 spiro atoms. The number of aromatic nitrogens is 1. The number of carbonyl (C=O) groups is 1. The van der Waals surface area contributed by atoms with Gasteiger partial charge in [0.1, 0.15) is 0 Å². The maximum Gasteiger partial charge on any atom is 0.311 e. The summed E-state index contributed by atoms with van der Waals surface area (Å²) in [6, 6.07) is 2.54. The fraction of sp³-hybridized carbons (Fsp3) is 0.333. The van der Waals surface area contributed by atoms with Crippen molar-refractivity contribution < 1.29 is 13.9 Å². The summed E-state index contributed by atoms with van der Waals surface area (Å²) < 4.78 is 17.4. The number of anilines is 1. The molecule has 0 aromatic carbocycles. The van der Waals surface area contributed by atoms with E-state index < -0.39 is 11.9 Å². The lowest BCUT2D eigenvalue weighted by Crippen LogP contribution is -2.09. The van der Waals surface area contributed by atoms with Crippen LogP contribution in [-0.2, 0) is 16.0 Å². The molecule has 0 amide bonds. The number of nitrogens with zero attached hydrogens (tertiary/aromatic N) is 1. The van der Waals surface area contributed by atoms with E-state index in [2.05, 4.69) is 9.72 Å². The first-order chi connectivity index (χ1) is 6.61. The third-order valence-electron chi connectivity index (χ3n) is 1.50. The summed E-state index contributed by atoms with van der Waals surface area (Å²) in [5.41, 5.74) is 5.90.